The molecule has 0 atom stereocenters. The summed E-state index contributed by atoms with van der Waals surface area (Å²) in [5.41, 5.74) is 5.72. The van der Waals surface area contributed by atoms with Crippen LogP contribution in [0.1, 0.15) is 15.9 Å². The molecule has 0 spiro atoms. The molecule has 1 aromatic rings. The Kier molecular flexibility index (Phi) is 6.67. The Morgan fingerprint density at radius 2 is 1.95 bits per heavy atom. The van der Waals surface area contributed by atoms with Crippen molar-refractivity contribution in [2.45, 2.75) is 0 Å². The van der Waals surface area contributed by atoms with Gasteiger partial charge in [0.2, 0.25) is 0 Å². The van der Waals surface area contributed by atoms with Gasteiger partial charge in [0.05, 0.1) is 25.3 Å². The molecule has 0 radical (unpaired) electrons. The topological polar surface area (TPSA) is 86.8 Å². The first kappa shape index (κ1) is 16.1. The summed E-state index contributed by atoms with van der Waals surface area (Å²) in [6, 6.07) is 3.66. The van der Waals surface area contributed by atoms with Crippen LogP contribution in [0.15, 0.2) is 18.2 Å². The third-order valence-electron chi connectivity index (χ3n) is 2.56. The van der Waals surface area contributed by atoms with E-state index < -0.39 is 11.7 Å². The number of amides is 1. The molecule has 0 saturated heterocycles. The SMILES string of the molecule is NCC#Cc1cc(F)ccc1C(=O)N(CCO)CCO. The first-order chi connectivity index (χ1) is 9.63. The molecule has 4 N–H and O–H groups in total. The molecule has 0 aliphatic heterocycles. The normalized spacial score (nSPS) is 9.80. The average molecular weight is 280 g/mol. The minimum absolute atomic E-state index is 0.0839. The lowest BCUT2D eigenvalue weighted by Gasteiger charge is -2.21. The lowest BCUT2D eigenvalue weighted by molar-refractivity contribution is 0.0684. The van der Waals surface area contributed by atoms with Crippen LogP contribution >= 0.6 is 0 Å². The second kappa shape index (κ2) is 8.27. The van der Waals surface area contributed by atoms with Crippen LogP contribution in [0.5, 0.6) is 0 Å². The highest BCUT2D eigenvalue weighted by molar-refractivity contribution is 5.96. The number of benzene rings is 1. The van der Waals surface area contributed by atoms with E-state index in [1.54, 1.807) is 0 Å². The van der Waals surface area contributed by atoms with E-state index in [9.17, 15) is 9.18 Å². The number of nitrogens with zero attached hydrogens (tertiary/aromatic N) is 1. The highest BCUT2D eigenvalue weighted by Crippen LogP contribution is 2.13. The Morgan fingerprint density at radius 1 is 1.30 bits per heavy atom. The summed E-state index contributed by atoms with van der Waals surface area (Å²) in [6.07, 6.45) is 0. The molecule has 0 bridgehead atoms. The fraction of sp³-hybridized carbons (Fsp3) is 0.357. The van der Waals surface area contributed by atoms with Crippen molar-refractivity contribution < 1.29 is 19.4 Å². The third kappa shape index (κ3) is 4.31. The number of nitrogens with two attached hydrogens (primary N) is 1. The summed E-state index contributed by atoms with van der Waals surface area (Å²) in [5.74, 6) is 4.29. The Bertz CT molecular complexity index is 517. The Morgan fingerprint density at radius 3 is 2.50 bits per heavy atom. The molecule has 0 saturated carbocycles. The van der Waals surface area contributed by atoms with Crippen molar-refractivity contribution in [1.29, 1.82) is 0 Å². The minimum atomic E-state index is -0.501. The highest BCUT2D eigenvalue weighted by Gasteiger charge is 2.18. The second-order valence-electron chi connectivity index (χ2n) is 3.94. The van der Waals surface area contributed by atoms with Gasteiger partial charge in [-0.1, -0.05) is 11.8 Å². The quantitative estimate of drug-likeness (QED) is 0.638. The molecule has 20 heavy (non-hydrogen) atoms. The van der Waals surface area contributed by atoms with Gasteiger partial charge in [-0.15, -0.1) is 0 Å². The molecule has 0 aliphatic carbocycles. The van der Waals surface area contributed by atoms with Gasteiger partial charge in [-0.05, 0) is 18.2 Å². The number of hydrogen-bond acceptors (Lipinski definition) is 4. The molecule has 0 aliphatic rings. The van der Waals surface area contributed by atoms with Gasteiger partial charge in [0.1, 0.15) is 5.82 Å². The maximum absolute atomic E-state index is 13.2. The number of aliphatic hydroxyl groups excluding tert-OH is 2. The number of aliphatic hydroxyl groups is 2. The van der Waals surface area contributed by atoms with E-state index >= 15 is 0 Å². The summed E-state index contributed by atoms with van der Waals surface area (Å²) < 4.78 is 13.2. The maximum Gasteiger partial charge on any atom is 0.255 e. The van der Waals surface area contributed by atoms with Gasteiger partial charge < -0.3 is 20.8 Å². The fourth-order valence-electron chi connectivity index (χ4n) is 1.68. The Balaban J connectivity index is 3.12. The predicted octanol–water partition coefficient (Wildman–Crippen LogP) is -0.437. The summed E-state index contributed by atoms with van der Waals surface area (Å²) >= 11 is 0. The maximum atomic E-state index is 13.2. The van der Waals surface area contributed by atoms with Crippen LogP contribution in [0, 0.1) is 17.7 Å². The van der Waals surface area contributed by atoms with Crippen molar-refractivity contribution in [2.75, 3.05) is 32.8 Å². The van der Waals surface area contributed by atoms with Gasteiger partial charge in [-0.3, -0.25) is 4.79 Å². The zero-order valence-electron chi connectivity index (χ0n) is 11.0. The minimum Gasteiger partial charge on any atom is -0.395 e. The summed E-state index contributed by atoms with van der Waals surface area (Å²) in [7, 11) is 0. The molecule has 1 aromatic carbocycles. The van der Waals surface area contributed by atoms with E-state index in [0.29, 0.717) is 0 Å². The molecule has 0 aromatic heterocycles. The van der Waals surface area contributed by atoms with E-state index in [1.165, 1.54) is 11.0 Å². The van der Waals surface area contributed by atoms with Gasteiger partial charge >= 0.3 is 0 Å². The van der Waals surface area contributed by atoms with Gasteiger partial charge in [0.15, 0.2) is 0 Å². The number of rotatable bonds is 5. The van der Waals surface area contributed by atoms with Crippen molar-refractivity contribution in [1.82, 2.24) is 4.90 Å². The van der Waals surface area contributed by atoms with Crippen molar-refractivity contribution in [2.24, 2.45) is 5.73 Å². The van der Waals surface area contributed by atoms with Crippen LogP contribution in [0.3, 0.4) is 0 Å². The van der Waals surface area contributed by atoms with Crippen molar-refractivity contribution >= 4 is 5.91 Å². The summed E-state index contributed by atoms with van der Waals surface area (Å²) in [6.45, 7) is -0.185. The first-order valence-electron chi connectivity index (χ1n) is 6.13. The van der Waals surface area contributed by atoms with Crippen molar-refractivity contribution in [3.05, 3.63) is 35.1 Å². The monoisotopic (exact) mass is 280 g/mol. The van der Waals surface area contributed by atoms with Crippen LogP contribution < -0.4 is 5.73 Å². The van der Waals surface area contributed by atoms with Crippen LogP contribution in [0.25, 0.3) is 0 Å². The first-order valence-corrected chi connectivity index (χ1v) is 6.13. The Hall–Kier alpha value is -1.94. The van der Waals surface area contributed by atoms with Crippen LogP contribution in [0.2, 0.25) is 0 Å². The predicted molar refractivity (Wildman–Crippen MR) is 72.4 cm³/mol. The Labute approximate surface area is 116 Å². The van der Waals surface area contributed by atoms with Crippen molar-refractivity contribution in [3.63, 3.8) is 0 Å². The summed E-state index contributed by atoms with van der Waals surface area (Å²) in [4.78, 5) is 13.6. The standard InChI is InChI=1S/C14H17FN2O3/c15-12-3-4-13(11(10-12)2-1-5-16)14(20)17(6-8-18)7-9-19/h3-4,10,18-19H,5-9,16H2. The molecular weight excluding hydrogens is 263 g/mol. The zero-order chi connectivity index (χ0) is 15.0. The number of halogens is 1. The zero-order valence-corrected chi connectivity index (χ0v) is 11.0. The average Bonchev–Trinajstić information content (AvgIpc) is 2.44. The van der Waals surface area contributed by atoms with E-state index in [0.717, 1.165) is 12.1 Å². The lowest BCUT2D eigenvalue weighted by Crippen LogP contribution is -2.36. The largest absolute Gasteiger partial charge is 0.395 e. The molecule has 0 heterocycles. The highest BCUT2D eigenvalue weighted by atomic mass is 19.1. The van der Waals surface area contributed by atoms with Gasteiger partial charge in [0, 0.05) is 18.7 Å². The van der Waals surface area contributed by atoms with E-state index in [1.807, 2.05) is 0 Å². The number of hydrogen-bond donors (Lipinski definition) is 3. The third-order valence-corrected chi connectivity index (χ3v) is 2.56. The van der Waals surface area contributed by atoms with Crippen LogP contribution in [-0.4, -0.2) is 53.9 Å². The number of carbonyl (C=O) groups is 1. The van der Waals surface area contributed by atoms with Crippen molar-refractivity contribution in [3.8, 4) is 11.8 Å². The van der Waals surface area contributed by atoms with E-state index in [4.69, 9.17) is 15.9 Å². The lowest BCUT2D eigenvalue weighted by atomic mass is 10.1. The van der Waals surface area contributed by atoms with E-state index in [-0.39, 0.29) is 44.0 Å². The number of carbonyl (C=O) groups excluding carboxylic acids is 1. The molecule has 6 heteroatoms. The molecule has 1 amide bonds. The van der Waals surface area contributed by atoms with E-state index in [2.05, 4.69) is 11.8 Å². The molecule has 0 unspecified atom stereocenters. The molecule has 1 rings (SSSR count). The molecule has 5 nitrogen and oxygen atoms in total. The van der Waals surface area contributed by atoms with Crippen LogP contribution in [-0.2, 0) is 0 Å². The molecular formula is C14H17FN2O3. The molecule has 0 fully saturated rings. The van der Waals surface area contributed by atoms with Gasteiger partial charge in [-0.2, -0.15) is 0 Å². The smallest absolute Gasteiger partial charge is 0.255 e. The van der Waals surface area contributed by atoms with Gasteiger partial charge in [-0.25, -0.2) is 4.39 Å². The van der Waals surface area contributed by atoms with Crippen LogP contribution in [0.4, 0.5) is 4.39 Å². The second-order valence-corrected chi connectivity index (χ2v) is 3.94. The fourth-order valence-corrected chi connectivity index (χ4v) is 1.68. The summed E-state index contributed by atoms with van der Waals surface area (Å²) in [5, 5.41) is 17.9. The molecule has 108 valence electrons. The van der Waals surface area contributed by atoms with Gasteiger partial charge in [0.25, 0.3) is 5.91 Å².